The van der Waals surface area contributed by atoms with Crippen molar-refractivity contribution in [2.24, 2.45) is 0 Å². The Morgan fingerprint density at radius 2 is 2.08 bits per heavy atom. The molecule has 12 nitrogen and oxygen atoms in total. The molecule has 53 heavy (non-hydrogen) atoms. The Morgan fingerprint density at radius 3 is 2.83 bits per heavy atom. The zero-order chi connectivity index (χ0) is 37.2. The Morgan fingerprint density at radius 1 is 1.26 bits per heavy atom. The molecule has 0 bridgehead atoms. The first-order valence-electron chi connectivity index (χ1n) is 17.4. The number of aromatic amines is 1. The molecule has 0 saturated carbocycles. The van der Waals surface area contributed by atoms with Crippen LogP contribution in [-0.4, -0.2) is 68.2 Å². The van der Waals surface area contributed by atoms with Gasteiger partial charge in [0.2, 0.25) is 0 Å². The number of hydrogen-bond acceptors (Lipinski definition) is 11. The largest absolute Gasteiger partial charge is 0.461 e. The Kier molecular flexibility index (Phi) is 8.92. The number of benzene rings is 2. The highest BCUT2D eigenvalue weighted by Crippen LogP contribution is 2.50. The molecular formula is C37H37ClF2N8O4S. The SMILES string of the molecule is Cc1cc(CNc2nc(OC[C@@]34CCCN3C[C@H](F)C4)nc3c(Cl)c(-c4ccc(F)c5sc(NC(=O)OC(C)(C)C)c(C#N)c45)c4c(c23)COC4)n[nH]1. The second-order valence-electron chi connectivity index (χ2n) is 14.8. The fourth-order valence-electron chi connectivity index (χ4n) is 7.84. The summed E-state index contributed by atoms with van der Waals surface area (Å²) in [5, 5.41) is 25.1. The van der Waals surface area contributed by atoms with Crippen molar-refractivity contribution >= 4 is 60.8 Å². The van der Waals surface area contributed by atoms with Gasteiger partial charge < -0.3 is 19.5 Å². The predicted octanol–water partition coefficient (Wildman–Crippen LogP) is 8.15. The minimum Gasteiger partial charge on any atom is -0.461 e. The van der Waals surface area contributed by atoms with Gasteiger partial charge in [-0.1, -0.05) is 17.7 Å². The molecule has 16 heteroatoms. The first-order valence-corrected chi connectivity index (χ1v) is 18.6. The number of hydrogen-bond donors (Lipinski definition) is 3. The average Bonchev–Trinajstić information content (AvgIpc) is 3.92. The number of rotatable bonds is 8. The number of H-pyrrole nitrogens is 1. The maximum atomic E-state index is 15.5. The van der Waals surface area contributed by atoms with Gasteiger partial charge in [-0.25, -0.2) is 13.6 Å². The Bertz CT molecular complexity index is 2340. The number of halogens is 3. The number of nitriles is 1. The summed E-state index contributed by atoms with van der Waals surface area (Å²) in [7, 11) is 0. The van der Waals surface area contributed by atoms with Crippen molar-refractivity contribution in [2.75, 3.05) is 30.3 Å². The number of carbonyl (C=O) groups excluding carboxylic acids is 1. The number of nitrogens with one attached hydrogen (secondary N) is 3. The molecule has 2 atom stereocenters. The van der Waals surface area contributed by atoms with E-state index in [-0.39, 0.29) is 46.1 Å². The summed E-state index contributed by atoms with van der Waals surface area (Å²) in [6.07, 6.45) is 0.462. The van der Waals surface area contributed by atoms with Gasteiger partial charge in [-0.15, -0.1) is 11.3 Å². The molecule has 2 fully saturated rings. The number of fused-ring (bicyclic) bond motifs is 5. The summed E-state index contributed by atoms with van der Waals surface area (Å²) in [6, 6.07) is 7.05. The summed E-state index contributed by atoms with van der Waals surface area (Å²) in [5.74, 6) is -0.106. The number of thiophene rings is 1. The number of aryl methyl sites for hydroxylation is 1. The van der Waals surface area contributed by atoms with E-state index in [1.807, 2.05) is 13.0 Å². The molecule has 0 spiro atoms. The number of ether oxygens (including phenoxy) is 3. The van der Waals surface area contributed by atoms with Crippen molar-refractivity contribution < 1.29 is 27.8 Å². The number of aromatic nitrogens is 4. The number of nitrogens with zero attached hydrogens (tertiary/aromatic N) is 5. The van der Waals surface area contributed by atoms with E-state index in [2.05, 4.69) is 31.8 Å². The lowest BCUT2D eigenvalue weighted by molar-refractivity contribution is 0.0636. The van der Waals surface area contributed by atoms with E-state index < -0.39 is 29.2 Å². The Hall–Kier alpha value is -4.62. The van der Waals surface area contributed by atoms with E-state index >= 15 is 4.39 Å². The third kappa shape index (κ3) is 6.41. The van der Waals surface area contributed by atoms with Gasteiger partial charge in [0.25, 0.3) is 0 Å². The Labute approximate surface area is 312 Å². The Balaban J connectivity index is 1.28. The minimum absolute atomic E-state index is 0.0646. The fraction of sp³-hybridized carbons (Fsp3) is 0.432. The second kappa shape index (κ2) is 13.3. The molecule has 0 unspecified atom stereocenters. The third-order valence-corrected chi connectivity index (χ3v) is 11.5. The highest BCUT2D eigenvalue weighted by atomic mass is 35.5. The molecule has 0 aliphatic carbocycles. The lowest BCUT2D eigenvalue weighted by Gasteiger charge is -2.30. The van der Waals surface area contributed by atoms with Crippen LogP contribution in [0.3, 0.4) is 0 Å². The number of carbonyl (C=O) groups is 1. The van der Waals surface area contributed by atoms with Gasteiger partial charge in [-0.3, -0.25) is 15.3 Å². The van der Waals surface area contributed by atoms with Gasteiger partial charge >= 0.3 is 12.1 Å². The summed E-state index contributed by atoms with van der Waals surface area (Å²) >= 11 is 8.33. The predicted molar refractivity (Wildman–Crippen MR) is 198 cm³/mol. The quantitative estimate of drug-likeness (QED) is 0.141. The van der Waals surface area contributed by atoms with Gasteiger partial charge in [0.1, 0.15) is 41.1 Å². The van der Waals surface area contributed by atoms with Crippen LogP contribution in [0.2, 0.25) is 5.02 Å². The summed E-state index contributed by atoms with van der Waals surface area (Å²) in [6.45, 7) is 9.23. The van der Waals surface area contributed by atoms with Crippen LogP contribution in [0.5, 0.6) is 6.01 Å². The van der Waals surface area contributed by atoms with Crippen LogP contribution < -0.4 is 15.4 Å². The zero-order valence-electron chi connectivity index (χ0n) is 29.6. The van der Waals surface area contributed by atoms with E-state index in [9.17, 15) is 14.4 Å². The molecule has 3 N–H and O–H groups in total. The zero-order valence-corrected chi connectivity index (χ0v) is 31.2. The van der Waals surface area contributed by atoms with Crippen molar-refractivity contribution in [3.05, 3.63) is 57.1 Å². The maximum absolute atomic E-state index is 15.5. The first kappa shape index (κ1) is 35.4. The van der Waals surface area contributed by atoms with Crippen LogP contribution in [0.25, 0.3) is 32.1 Å². The van der Waals surface area contributed by atoms with E-state index in [4.69, 9.17) is 35.8 Å². The second-order valence-corrected chi connectivity index (χ2v) is 16.2. The van der Waals surface area contributed by atoms with Gasteiger partial charge in [0.05, 0.1) is 57.2 Å². The van der Waals surface area contributed by atoms with Gasteiger partial charge in [0, 0.05) is 29.6 Å². The monoisotopic (exact) mass is 762 g/mol. The molecule has 5 aromatic rings. The topological polar surface area (TPSA) is 150 Å². The van der Waals surface area contributed by atoms with E-state index in [0.29, 0.717) is 52.7 Å². The molecule has 1 amide bonds. The van der Waals surface area contributed by atoms with Crippen molar-refractivity contribution in [1.29, 1.82) is 5.26 Å². The number of anilines is 2. The average molecular weight is 763 g/mol. The van der Waals surface area contributed by atoms with Gasteiger partial charge in [-0.2, -0.15) is 20.3 Å². The standard InChI is InChI=1S/C37H37ClF2N8O4S/c1-18-10-20(47-46-18)13-42-32-28-24-16-50-15-23(24)26(29(38)30(28)43-34(44-32)51-17-37-8-5-9-48(37)14-19(39)11-37)21-6-7-25(40)31-27(21)22(12-41)33(53-31)45-35(49)52-36(2,3)4/h6-7,10,19H,5,8-9,11,13-17H2,1-4H3,(H,45,49)(H,46,47)(H,42,43,44)/t19-,37+/m1/s1. The van der Waals surface area contributed by atoms with Crippen LogP contribution in [0, 0.1) is 24.1 Å². The lowest BCUT2D eigenvalue weighted by Crippen LogP contribution is -2.43. The maximum Gasteiger partial charge on any atom is 0.412 e. The smallest absolute Gasteiger partial charge is 0.412 e. The van der Waals surface area contributed by atoms with Gasteiger partial charge in [0.15, 0.2) is 0 Å². The fourth-order valence-corrected chi connectivity index (χ4v) is 9.26. The molecule has 276 valence electrons. The number of alkyl halides is 1. The summed E-state index contributed by atoms with van der Waals surface area (Å²) in [5.41, 5.74) is 3.39. The van der Waals surface area contributed by atoms with E-state index in [1.165, 1.54) is 6.07 Å². The molecule has 0 radical (unpaired) electrons. The summed E-state index contributed by atoms with van der Waals surface area (Å²) in [4.78, 5) is 24.6. The van der Waals surface area contributed by atoms with Crippen LogP contribution in [0.4, 0.5) is 24.4 Å². The van der Waals surface area contributed by atoms with E-state index in [0.717, 1.165) is 53.2 Å². The molecular weight excluding hydrogens is 726 g/mol. The molecule has 3 aliphatic rings. The summed E-state index contributed by atoms with van der Waals surface area (Å²) < 4.78 is 48.1. The van der Waals surface area contributed by atoms with Crippen molar-refractivity contribution in [2.45, 2.75) is 84.0 Å². The van der Waals surface area contributed by atoms with Gasteiger partial charge in [-0.05, 0) is 75.9 Å². The molecule has 2 saturated heterocycles. The minimum atomic E-state index is -0.923. The normalized spacial score (nSPS) is 19.8. The third-order valence-electron chi connectivity index (χ3n) is 9.99. The van der Waals surface area contributed by atoms with Crippen molar-refractivity contribution in [1.82, 2.24) is 25.1 Å². The molecule has 6 heterocycles. The van der Waals surface area contributed by atoms with Crippen LogP contribution >= 0.6 is 22.9 Å². The van der Waals surface area contributed by atoms with Crippen LogP contribution in [-0.2, 0) is 29.2 Å². The van der Waals surface area contributed by atoms with Crippen LogP contribution in [0.1, 0.15) is 68.1 Å². The lowest BCUT2D eigenvalue weighted by atomic mass is 9.91. The van der Waals surface area contributed by atoms with Crippen molar-refractivity contribution in [3.8, 4) is 23.2 Å². The highest BCUT2D eigenvalue weighted by Gasteiger charge is 2.49. The molecule has 3 aromatic heterocycles. The van der Waals surface area contributed by atoms with Crippen LogP contribution in [0.15, 0.2) is 18.2 Å². The molecule has 8 rings (SSSR count). The number of amides is 1. The van der Waals surface area contributed by atoms with E-state index in [1.54, 1.807) is 26.8 Å². The molecule has 2 aromatic carbocycles. The highest BCUT2D eigenvalue weighted by molar-refractivity contribution is 7.23. The van der Waals surface area contributed by atoms with Crippen molar-refractivity contribution in [3.63, 3.8) is 0 Å². The molecule has 3 aliphatic heterocycles. The first-order chi connectivity index (χ1) is 25.3.